The molecule has 4 nitrogen and oxygen atoms in total. The topological polar surface area (TPSA) is 67.6 Å². The molecule has 1 fully saturated rings. The molecular weight excluding hydrogens is 212 g/mol. The number of rotatable bonds is 3. The molecule has 3 N–H and O–H groups in total. The Morgan fingerprint density at radius 1 is 1.24 bits per heavy atom. The third-order valence-corrected chi connectivity index (χ3v) is 3.98. The Kier molecular flexibility index (Phi) is 3.82. The fraction of sp³-hybridized carbons (Fsp3) is 0.846. The summed E-state index contributed by atoms with van der Waals surface area (Å²) in [5, 5.41) is 7.50. The van der Waals surface area contributed by atoms with E-state index in [4.69, 9.17) is 5.73 Å². The summed E-state index contributed by atoms with van der Waals surface area (Å²) in [6.45, 7) is 4.93. The van der Waals surface area contributed by atoms with Crippen LogP contribution >= 0.6 is 0 Å². The smallest absolute Gasteiger partial charge is 0.158 e. The Labute approximate surface area is 103 Å². The van der Waals surface area contributed by atoms with Gasteiger partial charge in [-0.05, 0) is 12.8 Å². The maximum atomic E-state index is 6.03. The fourth-order valence-corrected chi connectivity index (χ4v) is 2.69. The number of nitrogens with zero attached hydrogens (tertiary/aromatic N) is 2. The van der Waals surface area contributed by atoms with Gasteiger partial charge in [0, 0.05) is 17.9 Å². The van der Waals surface area contributed by atoms with Crippen molar-refractivity contribution in [3.05, 3.63) is 11.6 Å². The lowest BCUT2D eigenvalue weighted by Gasteiger charge is -2.27. The number of aromatic nitrogens is 3. The van der Waals surface area contributed by atoms with Crippen molar-refractivity contribution in [3.8, 4) is 0 Å². The van der Waals surface area contributed by atoms with Crippen LogP contribution < -0.4 is 5.73 Å². The molecule has 0 saturated heterocycles. The van der Waals surface area contributed by atoms with Gasteiger partial charge in [0.15, 0.2) is 5.82 Å². The van der Waals surface area contributed by atoms with Gasteiger partial charge in [-0.25, -0.2) is 4.98 Å². The first-order valence-electron chi connectivity index (χ1n) is 6.81. The molecule has 1 heterocycles. The molecule has 17 heavy (non-hydrogen) atoms. The second-order valence-electron chi connectivity index (χ2n) is 5.60. The summed E-state index contributed by atoms with van der Waals surface area (Å²) < 4.78 is 0. The Morgan fingerprint density at radius 3 is 2.35 bits per heavy atom. The number of aromatic amines is 1. The summed E-state index contributed by atoms with van der Waals surface area (Å²) in [7, 11) is 0. The average molecular weight is 236 g/mol. The van der Waals surface area contributed by atoms with E-state index in [0.717, 1.165) is 24.5 Å². The third kappa shape index (κ3) is 2.51. The van der Waals surface area contributed by atoms with Crippen LogP contribution in [0.15, 0.2) is 0 Å². The third-order valence-electron chi connectivity index (χ3n) is 3.98. The summed E-state index contributed by atoms with van der Waals surface area (Å²) in [6.07, 6.45) is 7.43. The highest BCUT2D eigenvalue weighted by Gasteiger charge is 2.35. The van der Waals surface area contributed by atoms with Crippen molar-refractivity contribution in [1.82, 2.24) is 15.2 Å². The van der Waals surface area contributed by atoms with Crippen LogP contribution in [0.3, 0.4) is 0 Å². The second kappa shape index (κ2) is 5.17. The largest absolute Gasteiger partial charge is 0.329 e. The van der Waals surface area contributed by atoms with Crippen molar-refractivity contribution in [2.75, 3.05) is 6.54 Å². The molecule has 0 unspecified atom stereocenters. The minimum Gasteiger partial charge on any atom is -0.329 e. The van der Waals surface area contributed by atoms with E-state index in [1.54, 1.807) is 0 Å². The van der Waals surface area contributed by atoms with Crippen LogP contribution in [0, 0.1) is 0 Å². The van der Waals surface area contributed by atoms with E-state index in [-0.39, 0.29) is 5.41 Å². The van der Waals surface area contributed by atoms with E-state index in [0.29, 0.717) is 12.5 Å². The van der Waals surface area contributed by atoms with Gasteiger partial charge < -0.3 is 5.73 Å². The minimum absolute atomic E-state index is 0.0279. The van der Waals surface area contributed by atoms with Crippen molar-refractivity contribution in [1.29, 1.82) is 0 Å². The highest BCUT2D eigenvalue weighted by Crippen LogP contribution is 2.35. The molecule has 0 radical (unpaired) electrons. The van der Waals surface area contributed by atoms with Crippen LogP contribution in [0.2, 0.25) is 0 Å². The highest BCUT2D eigenvalue weighted by molar-refractivity contribution is 5.11. The zero-order chi connectivity index (χ0) is 12.3. The summed E-state index contributed by atoms with van der Waals surface area (Å²) in [5.74, 6) is 2.33. The fourth-order valence-electron chi connectivity index (χ4n) is 2.69. The van der Waals surface area contributed by atoms with Gasteiger partial charge in [0.05, 0.1) is 0 Å². The lowest BCUT2D eigenvalue weighted by Crippen LogP contribution is -2.36. The molecule has 96 valence electrons. The molecule has 0 spiro atoms. The van der Waals surface area contributed by atoms with Crippen LogP contribution in [-0.4, -0.2) is 21.7 Å². The van der Waals surface area contributed by atoms with Crippen molar-refractivity contribution in [2.45, 2.75) is 63.7 Å². The van der Waals surface area contributed by atoms with E-state index >= 15 is 0 Å². The SMILES string of the molecule is CC(C)c1nc(C2(CN)CCCCCC2)n[nH]1. The molecule has 4 heteroatoms. The van der Waals surface area contributed by atoms with E-state index in [2.05, 4.69) is 29.0 Å². The van der Waals surface area contributed by atoms with Crippen molar-refractivity contribution < 1.29 is 0 Å². The summed E-state index contributed by atoms with van der Waals surface area (Å²) in [5.41, 5.74) is 6.06. The molecule has 1 aliphatic carbocycles. The Morgan fingerprint density at radius 2 is 1.88 bits per heavy atom. The van der Waals surface area contributed by atoms with Gasteiger partial charge in [-0.1, -0.05) is 39.5 Å². The standard InChI is InChI=1S/C13H24N4/c1-10(2)11-15-12(17-16-11)13(9-14)7-5-3-4-6-8-13/h10H,3-9,14H2,1-2H3,(H,15,16,17). The predicted octanol–water partition coefficient (Wildman–Crippen LogP) is 2.48. The first-order chi connectivity index (χ1) is 8.18. The number of nitrogens with one attached hydrogen (secondary N) is 1. The molecule has 0 atom stereocenters. The molecule has 0 aliphatic heterocycles. The molecule has 1 saturated carbocycles. The normalized spacial score (nSPS) is 20.5. The van der Waals surface area contributed by atoms with Gasteiger partial charge in [-0.2, -0.15) is 5.10 Å². The second-order valence-corrected chi connectivity index (χ2v) is 5.60. The molecule has 0 amide bonds. The first kappa shape index (κ1) is 12.6. The predicted molar refractivity (Wildman–Crippen MR) is 68.9 cm³/mol. The molecule has 0 aromatic carbocycles. The lowest BCUT2D eigenvalue weighted by atomic mass is 9.79. The summed E-state index contributed by atoms with van der Waals surface area (Å²) >= 11 is 0. The monoisotopic (exact) mass is 236 g/mol. The lowest BCUT2D eigenvalue weighted by molar-refractivity contribution is 0.360. The molecule has 1 aromatic heterocycles. The minimum atomic E-state index is 0.0279. The Balaban J connectivity index is 2.25. The number of hydrogen-bond donors (Lipinski definition) is 2. The molecule has 1 aliphatic rings. The number of hydrogen-bond acceptors (Lipinski definition) is 3. The molecular formula is C13H24N4. The molecule has 2 rings (SSSR count). The van der Waals surface area contributed by atoms with Crippen LogP contribution in [0.25, 0.3) is 0 Å². The highest BCUT2D eigenvalue weighted by atomic mass is 15.2. The van der Waals surface area contributed by atoms with Crippen LogP contribution in [0.4, 0.5) is 0 Å². The first-order valence-corrected chi connectivity index (χ1v) is 6.81. The number of H-pyrrole nitrogens is 1. The van der Waals surface area contributed by atoms with Crippen LogP contribution in [0.1, 0.15) is 69.9 Å². The molecule has 0 bridgehead atoms. The molecule has 1 aromatic rings. The maximum absolute atomic E-state index is 6.03. The Hall–Kier alpha value is -0.900. The van der Waals surface area contributed by atoms with E-state index < -0.39 is 0 Å². The quantitative estimate of drug-likeness (QED) is 0.792. The van der Waals surface area contributed by atoms with Crippen molar-refractivity contribution >= 4 is 0 Å². The van der Waals surface area contributed by atoms with Gasteiger partial charge in [0.2, 0.25) is 0 Å². The van der Waals surface area contributed by atoms with Crippen LogP contribution in [0.5, 0.6) is 0 Å². The van der Waals surface area contributed by atoms with Gasteiger partial charge in [-0.3, -0.25) is 5.10 Å². The van der Waals surface area contributed by atoms with E-state index in [1.807, 2.05) is 0 Å². The van der Waals surface area contributed by atoms with Gasteiger partial charge in [-0.15, -0.1) is 0 Å². The maximum Gasteiger partial charge on any atom is 0.158 e. The Bertz CT molecular complexity index is 348. The van der Waals surface area contributed by atoms with Gasteiger partial charge in [0.1, 0.15) is 5.82 Å². The number of nitrogens with two attached hydrogens (primary N) is 1. The summed E-state index contributed by atoms with van der Waals surface area (Å²) in [6, 6.07) is 0. The zero-order valence-corrected chi connectivity index (χ0v) is 11.0. The van der Waals surface area contributed by atoms with E-state index in [9.17, 15) is 0 Å². The van der Waals surface area contributed by atoms with Gasteiger partial charge >= 0.3 is 0 Å². The van der Waals surface area contributed by atoms with Gasteiger partial charge in [0.25, 0.3) is 0 Å². The van der Waals surface area contributed by atoms with Crippen molar-refractivity contribution in [2.24, 2.45) is 5.73 Å². The van der Waals surface area contributed by atoms with E-state index in [1.165, 1.54) is 25.7 Å². The summed E-state index contributed by atoms with van der Waals surface area (Å²) in [4.78, 5) is 4.67. The van der Waals surface area contributed by atoms with Crippen molar-refractivity contribution in [3.63, 3.8) is 0 Å². The zero-order valence-electron chi connectivity index (χ0n) is 11.0. The van der Waals surface area contributed by atoms with Crippen LogP contribution in [-0.2, 0) is 5.41 Å². The average Bonchev–Trinajstić information content (AvgIpc) is 2.70.